The van der Waals surface area contributed by atoms with Gasteiger partial charge < -0.3 is 10.1 Å². The van der Waals surface area contributed by atoms with Crippen LogP contribution in [0.2, 0.25) is 0 Å². The SMILES string of the molecule is CCC1CCCCC1.CNC(=O)OC(C)(C)C. The van der Waals surface area contributed by atoms with Crippen LogP contribution >= 0.6 is 0 Å². The Hall–Kier alpha value is -0.730. The smallest absolute Gasteiger partial charge is 0.407 e. The van der Waals surface area contributed by atoms with E-state index in [1.165, 1.54) is 45.6 Å². The lowest BCUT2D eigenvalue weighted by Gasteiger charge is -2.18. The van der Waals surface area contributed by atoms with Gasteiger partial charge in [-0.3, -0.25) is 0 Å². The summed E-state index contributed by atoms with van der Waals surface area (Å²) in [7, 11) is 1.54. The summed E-state index contributed by atoms with van der Waals surface area (Å²) in [6.45, 7) is 7.78. The van der Waals surface area contributed by atoms with E-state index in [-0.39, 0.29) is 11.7 Å². The topological polar surface area (TPSA) is 38.3 Å². The summed E-state index contributed by atoms with van der Waals surface area (Å²) in [4.78, 5) is 10.5. The predicted molar refractivity (Wildman–Crippen MR) is 72.2 cm³/mol. The summed E-state index contributed by atoms with van der Waals surface area (Å²) in [5.41, 5.74) is -0.389. The van der Waals surface area contributed by atoms with Crippen LogP contribution in [0.15, 0.2) is 0 Å². The third-order valence-electron chi connectivity index (χ3n) is 2.91. The maximum absolute atomic E-state index is 10.5. The zero-order valence-electron chi connectivity index (χ0n) is 12.1. The minimum atomic E-state index is -0.389. The van der Waals surface area contributed by atoms with Crippen LogP contribution in [0, 0.1) is 5.92 Å². The number of rotatable bonds is 1. The lowest BCUT2D eigenvalue weighted by Crippen LogP contribution is -2.30. The second-order valence-electron chi connectivity index (χ2n) is 5.66. The van der Waals surface area contributed by atoms with Gasteiger partial charge in [0.05, 0.1) is 0 Å². The van der Waals surface area contributed by atoms with Crippen LogP contribution in [0.1, 0.15) is 66.2 Å². The first-order valence-electron chi connectivity index (χ1n) is 6.79. The van der Waals surface area contributed by atoms with Crippen LogP contribution in [0.25, 0.3) is 0 Å². The molecule has 1 rings (SSSR count). The summed E-state index contributed by atoms with van der Waals surface area (Å²) in [5, 5.41) is 2.36. The van der Waals surface area contributed by atoms with Gasteiger partial charge in [0.2, 0.25) is 0 Å². The lowest BCUT2D eigenvalue weighted by molar-refractivity contribution is 0.0541. The maximum atomic E-state index is 10.5. The van der Waals surface area contributed by atoms with Crippen molar-refractivity contribution in [2.75, 3.05) is 7.05 Å². The molecule has 1 aliphatic rings. The molecule has 1 saturated carbocycles. The zero-order chi connectivity index (χ0) is 13.3. The highest BCUT2D eigenvalue weighted by molar-refractivity contribution is 5.67. The number of amides is 1. The summed E-state index contributed by atoms with van der Waals surface area (Å²) in [6.07, 6.45) is 8.54. The van der Waals surface area contributed by atoms with Gasteiger partial charge in [0, 0.05) is 7.05 Å². The van der Waals surface area contributed by atoms with Gasteiger partial charge >= 0.3 is 6.09 Å². The van der Waals surface area contributed by atoms with Gasteiger partial charge in [-0.1, -0.05) is 45.4 Å². The molecule has 3 heteroatoms. The molecule has 0 aliphatic heterocycles. The first-order valence-corrected chi connectivity index (χ1v) is 6.79. The average molecular weight is 243 g/mol. The van der Waals surface area contributed by atoms with Crippen molar-refractivity contribution in [3.05, 3.63) is 0 Å². The number of alkyl carbamates (subject to hydrolysis) is 1. The van der Waals surface area contributed by atoms with E-state index in [0.717, 1.165) is 5.92 Å². The van der Waals surface area contributed by atoms with Crippen molar-refractivity contribution in [2.24, 2.45) is 5.92 Å². The molecule has 102 valence electrons. The molecule has 1 fully saturated rings. The third-order valence-corrected chi connectivity index (χ3v) is 2.91. The molecule has 0 saturated heterocycles. The molecule has 0 aromatic rings. The van der Waals surface area contributed by atoms with E-state index in [2.05, 4.69) is 12.2 Å². The van der Waals surface area contributed by atoms with Crippen LogP contribution in [0.5, 0.6) is 0 Å². The maximum Gasteiger partial charge on any atom is 0.407 e. The van der Waals surface area contributed by atoms with E-state index in [0.29, 0.717) is 0 Å². The molecule has 0 heterocycles. The first kappa shape index (κ1) is 16.3. The van der Waals surface area contributed by atoms with E-state index in [9.17, 15) is 4.79 Å². The molecule has 0 bridgehead atoms. The Morgan fingerprint density at radius 1 is 1.24 bits per heavy atom. The van der Waals surface area contributed by atoms with Crippen LogP contribution in [-0.2, 0) is 4.74 Å². The van der Waals surface area contributed by atoms with Gasteiger partial charge in [-0.25, -0.2) is 4.79 Å². The van der Waals surface area contributed by atoms with Gasteiger partial charge in [-0.05, 0) is 26.7 Å². The van der Waals surface area contributed by atoms with Crippen LogP contribution in [-0.4, -0.2) is 18.7 Å². The molecule has 1 N–H and O–H groups in total. The number of nitrogens with one attached hydrogen (secondary N) is 1. The van der Waals surface area contributed by atoms with E-state index in [1.54, 1.807) is 0 Å². The lowest BCUT2D eigenvalue weighted by atomic mass is 9.88. The summed E-state index contributed by atoms with van der Waals surface area (Å²) < 4.78 is 4.84. The fraction of sp³-hybridized carbons (Fsp3) is 0.929. The number of carbonyl (C=O) groups is 1. The number of carbonyl (C=O) groups excluding carboxylic acids is 1. The van der Waals surface area contributed by atoms with Crippen molar-refractivity contribution in [3.8, 4) is 0 Å². The highest BCUT2D eigenvalue weighted by Gasteiger charge is 2.14. The van der Waals surface area contributed by atoms with E-state index < -0.39 is 0 Å². The van der Waals surface area contributed by atoms with Crippen molar-refractivity contribution >= 4 is 6.09 Å². The van der Waals surface area contributed by atoms with Gasteiger partial charge in [-0.15, -0.1) is 0 Å². The van der Waals surface area contributed by atoms with Crippen molar-refractivity contribution < 1.29 is 9.53 Å². The Kier molecular flexibility index (Phi) is 8.01. The van der Waals surface area contributed by atoms with E-state index in [4.69, 9.17) is 4.74 Å². The van der Waals surface area contributed by atoms with E-state index >= 15 is 0 Å². The Morgan fingerprint density at radius 2 is 1.76 bits per heavy atom. The highest BCUT2D eigenvalue weighted by atomic mass is 16.6. The first-order chi connectivity index (χ1) is 7.89. The summed E-state index contributed by atoms with van der Waals surface area (Å²) in [6, 6.07) is 0. The second-order valence-corrected chi connectivity index (χ2v) is 5.66. The molecule has 17 heavy (non-hydrogen) atoms. The molecule has 1 aliphatic carbocycles. The molecule has 1 amide bonds. The number of hydrogen-bond acceptors (Lipinski definition) is 2. The minimum absolute atomic E-state index is 0.387. The molecule has 0 spiro atoms. The number of ether oxygens (including phenoxy) is 1. The van der Waals surface area contributed by atoms with Gasteiger partial charge in [-0.2, -0.15) is 0 Å². The van der Waals surface area contributed by atoms with Crippen LogP contribution in [0.4, 0.5) is 4.79 Å². The Balaban J connectivity index is 0.000000302. The van der Waals surface area contributed by atoms with E-state index in [1.807, 2.05) is 20.8 Å². The minimum Gasteiger partial charge on any atom is -0.444 e. The molecule has 0 atom stereocenters. The largest absolute Gasteiger partial charge is 0.444 e. The molecule has 0 aromatic heterocycles. The van der Waals surface area contributed by atoms with Gasteiger partial charge in [0.25, 0.3) is 0 Å². The quantitative estimate of drug-likeness (QED) is 0.752. The van der Waals surface area contributed by atoms with Crippen molar-refractivity contribution in [2.45, 2.75) is 71.8 Å². The van der Waals surface area contributed by atoms with Crippen LogP contribution < -0.4 is 5.32 Å². The summed E-state index contributed by atoms with van der Waals surface area (Å²) in [5.74, 6) is 1.09. The summed E-state index contributed by atoms with van der Waals surface area (Å²) >= 11 is 0. The van der Waals surface area contributed by atoms with Gasteiger partial charge in [0.1, 0.15) is 5.60 Å². The van der Waals surface area contributed by atoms with Crippen molar-refractivity contribution in [1.29, 1.82) is 0 Å². The third kappa shape index (κ3) is 10.2. The molecular weight excluding hydrogens is 214 g/mol. The normalized spacial score (nSPS) is 16.8. The number of hydrogen-bond donors (Lipinski definition) is 1. The van der Waals surface area contributed by atoms with Crippen molar-refractivity contribution in [3.63, 3.8) is 0 Å². The highest BCUT2D eigenvalue weighted by Crippen LogP contribution is 2.25. The predicted octanol–water partition coefficient (Wildman–Crippen LogP) is 4.12. The molecule has 0 unspecified atom stereocenters. The molecule has 0 aromatic carbocycles. The Morgan fingerprint density at radius 3 is 2.00 bits per heavy atom. The molecule has 0 radical (unpaired) electrons. The molecular formula is C14H29NO2. The Bertz CT molecular complexity index is 203. The average Bonchev–Trinajstić information content (AvgIpc) is 2.28. The van der Waals surface area contributed by atoms with Crippen LogP contribution in [0.3, 0.4) is 0 Å². The monoisotopic (exact) mass is 243 g/mol. The second kappa shape index (κ2) is 8.37. The zero-order valence-corrected chi connectivity index (χ0v) is 12.1. The standard InChI is InChI=1S/C8H16.C6H13NO2/c1-2-8-6-4-3-5-7-8;1-6(2,3)9-5(8)7-4/h8H,2-7H2,1H3;1-4H3,(H,7,8). The van der Waals surface area contributed by atoms with Crippen molar-refractivity contribution in [1.82, 2.24) is 5.32 Å². The Labute approximate surface area is 106 Å². The fourth-order valence-corrected chi connectivity index (χ4v) is 1.92. The molecule has 3 nitrogen and oxygen atoms in total. The fourth-order valence-electron chi connectivity index (χ4n) is 1.92. The van der Waals surface area contributed by atoms with Gasteiger partial charge in [0.15, 0.2) is 0 Å².